The Balaban J connectivity index is 1.35. The summed E-state index contributed by atoms with van der Waals surface area (Å²) in [6.45, 7) is 1.87. The van der Waals surface area contributed by atoms with E-state index in [1.54, 1.807) is 0 Å². The highest BCUT2D eigenvalue weighted by molar-refractivity contribution is 5.75. The van der Waals surface area contributed by atoms with Crippen molar-refractivity contribution in [2.75, 3.05) is 13.1 Å². The van der Waals surface area contributed by atoms with Crippen LogP contribution in [0.25, 0.3) is 0 Å². The van der Waals surface area contributed by atoms with Gasteiger partial charge in [0.1, 0.15) is 0 Å². The smallest absolute Gasteiger partial charge is 0.317 e. The molecule has 0 bridgehead atoms. The van der Waals surface area contributed by atoms with Crippen LogP contribution in [0.3, 0.4) is 0 Å². The molecule has 3 aliphatic rings. The Morgan fingerprint density at radius 3 is 2.65 bits per heavy atom. The molecule has 3 N–H and O–H groups in total. The topological polar surface area (TPSA) is 58.4 Å². The molecule has 106 valence electrons. The maximum atomic E-state index is 12.2. The van der Waals surface area contributed by atoms with Crippen LogP contribution < -0.4 is 11.1 Å². The van der Waals surface area contributed by atoms with Crippen molar-refractivity contribution < 1.29 is 4.79 Å². The summed E-state index contributed by atoms with van der Waals surface area (Å²) in [6, 6.07) is 8.25. The quantitative estimate of drug-likeness (QED) is 0.859. The first-order chi connectivity index (χ1) is 9.72. The van der Waals surface area contributed by atoms with E-state index in [1.807, 2.05) is 17.0 Å². The second-order valence-corrected chi connectivity index (χ2v) is 6.49. The normalized spacial score (nSPS) is 28.9. The lowest BCUT2D eigenvalue weighted by Gasteiger charge is -2.40. The second kappa shape index (κ2) is 4.48. The van der Waals surface area contributed by atoms with Gasteiger partial charge >= 0.3 is 6.03 Å². The molecule has 4 heteroatoms. The van der Waals surface area contributed by atoms with Gasteiger partial charge in [0, 0.05) is 13.1 Å². The summed E-state index contributed by atoms with van der Waals surface area (Å²) in [7, 11) is 0. The van der Waals surface area contributed by atoms with E-state index >= 15 is 0 Å². The van der Waals surface area contributed by atoms with Crippen LogP contribution in [0.4, 0.5) is 4.79 Å². The molecule has 2 fully saturated rings. The predicted octanol–water partition coefficient (Wildman–Crippen LogP) is 1.66. The minimum Gasteiger partial charge on any atom is -0.333 e. The van der Waals surface area contributed by atoms with E-state index in [0.717, 1.165) is 31.3 Å². The number of likely N-dealkylation sites (tertiary alicyclic amines) is 1. The molecular formula is C16H21N3O. The molecule has 0 radical (unpaired) electrons. The zero-order valence-corrected chi connectivity index (χ0v) is 11.6. The fraction of sp³-hybridized carbons (Fsp3) is 0.562. The van der Waals surface area contributed by atoms with Crippen LogP contribution in [0.5, 0.6) is 0 Å². The third-order valence-corrected chi connectivity index (χ3v) is 5.08. The Bertz CT molecular complexity index is 534. The molecule has 1 heterocycles. The van der Waals surface area contributed by atoms with Gasteiger partial charge in [-0.3, -0.25) is 0 Å². The third kappa shape index (κ3) is 1.99. The van der Waals surface area contributed by atoms with Gasteiger partial charge in [0.25, 0.3) is 0 Å². The van der Waals surface area contributed by atoms with E-state index in [4.69, 9.17) is 5.73 Å². The number of carbonyl (C=O) groups is 1. The Kier molecular flexibility index (Phi) is 2.74. The third-order valence-electron chi connectivity index (χ3n) is 5.08. The van der Waals surface area contributed by atoms with Crippen molar-refractivity contribution in [2.45, 2.75) is 31.3 Å². The van der Waals surface area contributed by atoms with E-state index in [-0.39, 0.29) is 18.1 Å². The highest BCUT2D eigenvalue weighted by Gasteiger charge is 2.42. The summed E-state index contributed by atoms with van der Waals surface area (Å²) >= 11 is 0. The van der Waals surface area contributed by atoms with Crippen LogP contribution >= 0.6 is 0 Å². The largest absolute Gasteiger partial charge is 0.333 e. The molecule has 0 spiro atoms. The van der Waals surface area contributed by atoms with Crippen molar-refractivity contribution in [1.82, 2.24) is 10.2 Å². The minimum absolute atomic E-state index is 0.0416. The van der Waals surface area contributed by atoms with Crippen LogP contribution in [-0.4, -0.2) is 30.1 Å². The second-order valence-electron chi connectivity index (χ2n) is 6.49. The maximum absolute atomic E-state index is 12.2. The van der Waals surface area contributed by atoms with Crippen molar-refractivity contribution in [3.05, 3.63) is 35.4 Å². The number of nitrogens with one attached hydrogen (secondary N) is 1. The first-order valence-electron chi connectivity index (χ1n) is 7.61. The fourth-order valence-corrected chi connectivity index (χ4v) is 3.56. The number of nitrogens with zero attached hydrogens (tertiary/aromatic N) is 1. The van der Waals surface area contributed by atoms with Crippen LogP contribution in [0.1, 0.15) is 30.0 Å². The molecule has 20 heavy (non-hydrogen) atoms. The Morgan fingerprint density at radius 1 is 1.20 bits per heavy atom. The fourth-order valence-electron chi connectivity index (χ4n) is 3.56. The van der Waals surface area contributed by atoms with Crippen LogP contribution in [0.2, 0.25) is 0 Å². The lowest BCUT2D eigenvalue weighted by atomic mass is 9.95. The van der Waals surface area contributed by atoms with Gasteiger partial charge in [0.2, 0.25) is 0 Å². The van der Waals surface area contributed by atoms with E-state index < -0.39 is 0 Å². The van der Waals surface area contributed by atoms with Crippen molar-refractivity contribution in [3.8, 4) is 0 Å². The molecule has 1 aliphatic heterocycles. The molecule has 4 rings (SSSR count). The molecule has 4 nitrogen and oxygen atoms in total. The number of benzene rings is 1. The number of hydrogen-bond donors (Lipinski definition) is 2. The summed E-state index contributed by atoms with van der Waals surface area (Å²) in [5.41, 5.74) is 8.70. The predicted molar refractivity (Wildman–Crippen MR) is 77.2 cm³/mol. The van der Waals surface area contributed by atoms with Crippen molar-refractivity contribution in [3.63, 3.8) is 0 Å². The molecule has 1 aromatic rings. The molecule has 1 saturated carbocycles. The van der Waals surface area contributed by atoms with Gasteiger partial charge in [-0.25, -0.2) is 4.79 Å². The van der Waals surface area contributed by atoms with E-state index in [0.29, 0.717) is 0 Å². The zero-order valence-electron chi connectivity index (χ0n) is 11.6. The summed E-state index contributed by atoms with van der Waals surface area (Å²) < 4.78 is 0. The number of fused-ring (bicyclic) bond motifs is 1. The minimum atomic E-state index is -0.0735. The average Bonchev–Trinajstić information content (AvgIpc) is 3.16. The van der Waals surface area contributed by atoms with Gasteiger partial charge in [0.05, 0.1) is 12.1 Å². The Labute approximate surface area is 119 Å². The number of rotatable bonds is 2. The van der Waals surface area contributed by atoms with Gasteiger partial charge in [-0.2, -0.15) is 0 Å². The highest BCUT2D eigenvalue weighted by atomic mass is 16.2. The first kappa shape index (κ1) is 12.2. The van der Waals surface area contributed by atoms with Crippen LogP contribution in [0.15, 0.2) is 24.3 Å². The summed E-state index contributed by atoms with van der Waals surface area (Å²) in [6.07, 6.45) is 3.58. The summed E-state index contributed by atoms with van der Waals surface area (Å²) in [5.74, 6) is 1.66. The summed E-state index contributed by atoms with van der Waals surface area (Å²) in [5, 5.41) is 3.12. The number of hydrogen-bond acceptors (Lipinski definition) is 2. The zero-order chi connectivity index (χ0) is 13.7. The SMILES string of the molecule is N[C@@H]1c2ccccc2C[C@H]1NC(=O)N1CC(C2CC2)C1. The van der Waals surface area contributed by atoms with Crippen LogP contribution in [0, 0.1) is 11.8 Å². The highest BCUT2D eigenvalue weighted by Crippen LogP contribution is 2.41. The summed E-state index contributed by atoms with van der Waals surface area (Å²) in [4.78, 5) is 14.2. The van der Waals surface area contributed by atoms with Gasteiger partial charge in [-0.05, 0) is 42.2 Å². The number of urea groups is 1. The molecule has 2 amide bonds. The van der Waals surface area contributed by atoms with E-state index in [1.165, 1.54) is 24.0 Å². The van der Waals surface area contributed by atoms with Crippen molar-refractivity contribution >= 4 is 6.03 Å². The van der Waals surface area contributed by atoms with Gasteiger partial charge in [-0.1, -0.05) is 24.3 Å². The van der Waals surface area contributed by atoms with Gasteiger partial charge in [-0.15, -0.1) is 0 Å². The molecule has 1 saturated heterocycles. The molecule has 0 unspecified atom stereocenters. The molecule has 2 atom stereocenters. The average molecular weight is 271 g/mol. The number of carbonyl (C=O) groups excluding carboxylic acids is 1. The van der Waals surface area contributed by atoms with Gasteiger partial charge < -0.3 is 16.0 Å². The lowest BCUT2D eigenvalue weighted by molar-refractivity contribution is 0.106. The monoisotopic (exact) mass is 271 g/mol. The Hall–Kier alpha value is -1.55. The number of amides is 2. The first-order valence-corrected chi connectivity index (χ1v) is 7.61. The van der Waals surface area contributed by atoms with Crippen molar-refractivity contribution in [1.29, 1.82) is 0 Å². The van der Waals surface area contributed by atoms with Crippen LogP contribution in [-0.2, 0) is 6.42 Å². The standard InChI is InChI=1S/C16H21N3O/c17-15-13-4-2-1-3-11(13)7-14(15)18-16(20)19-8-12(9-19)10-5-6-10/h1-4,10,12,14-15H,5-9,17H2,(H,18,20)/t14-,15-/m1/s1. The molecule has 2 aliphatic carbocycles. The number of nitrogens with two attached hydrogens (primary N) is 1. The van der Waals surface area contributed by atoms with E-state index in [9.17, 15) is 4.79 Å². The maximum Gasteiger partial charge on any atom is 0.317 e. The molecule has 1 aromatic carbocycles. The van der Waals surface area contributed by atoms with Crippen molar-refractivity contribution in [2.24, 2.45) is 17.6 Å². The molecular weight excluding hydrogens is 250 g/mol. The Morgan fingerprint density at radius 2 is 1.95 bits per heavy atom. The molecule has 0 aromatic heterocycles. The van der Waals surface area contributed by atoms with E-state index in [2.05, 4.69) is 17.4 Å². The lowest BCUT2D eigenvalue weighted by Crippen LogP contribution is -2.57. The van der Waals surface area contributed by atoms with Gasteiger partial charge in [0.15, 0.2) is 0 Å².